The summed E-state index contributed by atoms with van der Waals surface area (Å²) in [4.78, 5) is 0.176. The molecular weight excluding hydrogens is 288 g/mol. The molecule has 0 heterocycles. The van der Waals surface area contributed by atoms with Gasteiger partial charge in [-0.25, -0.2) is 13.1 Å². The van der Waals surface area contributed by atoms with Crippen molar-refractivity contribution in [2.45, 2.75) is 31.2 Å². The van der Waals surface area contributed by atoms with Gasteiger partial charge in [0.05, 0.1) is 11.5 Å². The first-order valence-corrected chi connectivity index (χ1v) is 7.26. The smallest absolute Gasteiger partial charge is 0.241 e. The van der Waals surface area contributed by atoms with Crippen molar-refractivity contribution in [3.05, 3.63) is 24.3 Å². The van der Waals surface area contributed by atoms with Gasteiger partial charge >= 0.3 is 0 Å². The molecule has 0 spiro atoms. The van der Waals surface area contributed by atoms with Crippen LogP contribution in [0.25, 0.3) is 0 Å². The molecule has 1 aromatic rings. The summed E-state index contributed by atoms with van der Waals surface area (Å²) in [6.07, 6.45) is 0. The third-order valence-corrected chi connectivity index (χ3v) is 4.04. The van der Waals surface area contributed by atoms with Crippen LogP contribution in [0.5, 0.6) is 5.75 Å². The maximum absolute atomic E-state index is 12.1. The van der Waals surface area contributed by atoms with Gasteiger partial charge in [-0.15, -0.1) is 12.4 Å². The zero-order chi connectivity index (χ0) is 13.8. The fraction of sp³-hybridized carbons (Fsp3) is 0.500. The number of halogens is 1. The average Bonchev–Trinajstić information content (AvgIpc) is 2.29. The second-order valence-electron chi connectivity index (χ2n) is 4.60. The van der Waals surface area contributed by atoms with Crippen molar-refractivity contribution < 1.29 is 13.2 Å². The zero-order valence-electron chi connectivity index (χ0n) is 11.3. The number of hydrogen-bond acceptors (Lipinski definition) is 4. The summed E-state index contributed by atoms with van der Waals surface area (Å²) < 4.78 is 32.1. The lowest BCUT2D eigenvalue weighted by molar-refractivity contribution is 0.339. The number of ether oxygens (including phenoxy) is 1. The number of nitrogens with one attached hydrogen (secondary N) is 1. The van der Waals surface area contributed by atoms with Crippen molar-refractivity contribution in [2.75, 3.05) is 13.2 Å². The van der Waals surface area contributed by atoms with Crippen molar-refractivity contribution in [1.29, 1.82) is 0 Å². The molecular formula is C12H21ClN2O3S. The molecule has 0 aliphatic rings. The van der Waals surface area contributed by atoms with Gasteiger partial charge in [-0.05, 0) is 32.9 Å². The minimum Gasteiger partial charge on any atom is -0.494 e. The second kappa shape index (κ2) is 7.09. The fourth-order valence-electron chi connectivity index (χ4n) is 1.36. The van der Waals surface area contributed by atoms with Gasteiger partial charge in [0.2, 0.25) is 10.0 Å². The Balaban J connectivity index is 0.00000324. The molecule has 110 valence electrons. The van der Waals surface area contributed by atoms with E-state index < -0.39 is 15.6 Å². The van der Waals surface area contributed by atoms with E-state index >= 15 is 0 Å². The lowest BCUT2D eigenvalue weighted by Crippen LogP contribution is -2.48. The third-order valence-electron chi connectivity index (χ3n) is 2.35. The Morgan fingerprint density at radius 1 is 1.37 bits per heavy atom. The van der Waals surface area contributed by atoms with Crippen molar-refractivity contribution in [3.63, 3.8) is 0 Å². The number of benzene rings is 1. The standard InChI is InChI=1S/C12H20N2O3S.ClH/c1-4-17-10-6-5-7-11(8-10)18(15,16)14-12(2,3)9-13;/h5-8,14H,4,9,13H2,1-3H3;1H. The molecule has 0 saturated heterocycles. The SMILES string of the molecule is CCOc1cccc(S(=O)(=O)NC(C)(C)CN)c1.Cl. The molecule has 5 nitrogen and oxygen atoms in total. The number of hydrogen-bond donors (Lipinski definition) is 2. The average molecular weight is 309 g/mol. The van der Waals surface area contributed by atoms with Crippen molar-refractivity contribution >= 4 is 22.4 Å². The van der Waals surface area contributed by atoms with E-state index in [1.165, 1.54) is 12.1 Å². The predicted octanol–water partition coefficient (Wildman–Crippen LogP) is 1.52. The van der Waals surface area contributed by atoms with E-state index in [1.807, 2.05) is 6.92 Å². The van der Waals surface area contributed by atoms with Gasteiger partial charge in [-0.2, -0.15) is 0 Å². The first-order chi connectivity index (χ1) is 8.30. The van der Waals surface area contributed by atoms with Crippen molar-refractivity contribution in [1.82, 2.24) is 4.72 Å². The monoisotopic (exact) mass is 308 g/mol. The Hall–Kier alpha value is -0.820. The minimum atomic E-state index is -3.58. The summed E-state index contributed by atoms with van der Waals surface area (Å²) in [5, 5.41) is 0. The molecule has 1 aromatic carbocycles. The van der Waals surface area contributed by atoms with Gasteiger partial charge in [0, 0.05) is 18.2 Å². The quantitative estimate of drug-likeness (QED) is 0.835. The van der Waals surface area contributed by atoms with Gasteiger partial charge in [0.1, 0.15) is 5.75 Å². The van der Waals surface area contributed by atoms with Crippen LogP contribution in [0, 0.1) is 0 Å². The van der Waals surface area contributed by atoms with Crippen LogP contribution >= 0.6 is 12.4 Å². The molecule has 0 aromatic heterocycles. The van der Waals surface area contributed by atoms with E-state index in [0.717, 1.165) is 0 Å². The van der Waals surface area contributed by atoms with E-state index in [1.54, 1.807) is 26.0 Å². The summed E-state index contributed by atoms with van der Waals surface area (Å²) in [6.45, 7) is 6.02. The Morgan fingerprint density at radius 3 is 2.53 bits per heavy atom. The third kappa shape index (κ3) is 5.36. The molecule has 0 aliphatic carbocycles. The van der Waals surface area contributed by atoms with Crippen LogP contribution in [-0.4, -0.2) is 27.1 Å². The first-order valence-electron chi connectivity index (χ1n) is 5.77. The normalized spacial score (nSPS) is 11.8. The van der Waals surface area contributed by atoms with Crippen LogP contribution in [0.1, 0.15) is 20.8 Å². The van der Waals surface area contributed by atoms with Gasteiger partial charge in [-0.3, -0.25) is 0 Å². The maximum Gasteiger partial charge on any atom is 0.241 e. The molecule has 19 heavy (non-hydrogen) atoms. The Bertz CT molecular complexity index is 503. The summed E-state index contributed by atoms with van der Waals surface area (Å²) in [6, 6.07) is 6.39. The van der Waals surface area contributed by atoms with E-state index in [-0.39, 0.29) is 23.8 Å². The molecule has 0 aliphatic heterocycles. The summed E-state index contributed by atoms with van der Waals surface area (Å²) in [5.74, 6) is 0.533. The molecule has 0 amide bonds. The first kappa shape index (κ1) is 18.2. The van der Waals surface area contributed by atoms with Gasteiger partial charge in [-0.1, -0.05) is 6.07 Å². The lowest BCUT2D eigenvalue weighted by atomic mass is 10.1. The molecule has 7 heteroatoms. The number of sulfonamides is 1. The Morgan fingerprint density at radius 2 is 2.00 bits per heavy atom. The Kier molecular flexibility index (Phi) is 6.79. The van der Waals surface area contributed by atoms with Crippen LogP contribution in [0.4, 0.5) is 0 Å². The number of nitrogens with two attached hydrogens (primary N) is 1. The van der Waals surface area contributed by atoms with E-state index in [0.29, 0.717) is 12.4 Å². The van der Waals surface area contributed by atoms with E-state index in [9.17, 15) is 8.42 Å². The van der Waals surface area contributed by atoms with Crippen LogP contribution in [-0.2, 0) is 10.0 Å². The van der Waals surface area contributed by atoms with E-state index in [2.05, 4.69) is 4.72 Å². The topological polar surface area (TPSA) is 81.4 Å². The molecule has 0 unspecified atom stereocenters. The largest absolute Gasteiger partial charge is 0.494 e. The van der Waals surface area contributed by atoms with Crippen LogP contribution in [0.15, 0.2) is 29.2 Å². The van der Waals surface area contributed by atoms with Crippen LogP contribution in [0.3, 0.4) is 0 Å². The highest BCUT2D eigenvalue weighted by molar-refractivity contribution is 7.89. The number of rotatable bonds is 6. The summed E-state index contributed by atoms with van der Waals surface area (Å²) in [7, 11) is -3.58. The van der Waals surface area contributed by atoms with Crippen LogP contribution < -0.4 is 15.2 Å². The zero-order valence-corrected chi connectivity index (χ0v) is 13.0. The molecule has 0 saturated carbocycles. The lowest BCUT2D eigenvalue weighted by Gasteiger charge is -2.23. The molecule has 1 rings (SSSR count). The molecule has 0 bridgehead atoms. The van der Waals surface area contributed by atoms with Crippen molar-refractivity contribution in [2.24, 2.45) is 5.73 Å². The van der Waals surface area contributed by atoms with Gasteiger partial charge in [0.25, 0.3) is 0 Å². The highest BCUT2D eigenvalue weighted by atomic mass is 35.5. The fourth-order valence-corrected chi connectivity index (χ4v) is 2.82. The summed E-state index contributed by atoms with van der Waals surface area (Å²) in [5.41, 5.74) is 4.84. The Labute approximate surface area is 121 Å². The maximum atomic E-state index is 12.1. The highest BCUT2D eigenvalue weighted by Gasteiger charge is 2.25. The molecule has 0 radical (unpaired) electrons. The van der Waals surface area contributed by atoms with Gasteiger partial charge < -0.3 is 10.5 Å². The van der Waals surface area contributed by atoms with Gasteiger partial charge in [0.15, 0.2) is 0 Å². The molecule has 0 fully saturated rings. The van der Waals surface area contributed by atoms with E-state index in [4.69, 9.17) is 10.5 Å². The second-order valence-corrected chi connectivity index (χ2v) is 6.28. The predicted molar refractivity (Wildman–Crippen MR) is 78.3 cm³/mol. The highest BCUT2D eigenvalue weighted by Crippen LogP contribution is 2.18. The minimum absolute atomic E-state index is 0. The molecule has 0 atom stereocenters. The molecule has 3 N–H and O–H groups in total. The summed E-state index contributed by atoms with van der Waals surface area (Å²) >= 11 is 0. The van der Waals surface area contributed by atoms with Crippen molar-refractivity contribution in [3.8, 4) is 5.75 Å². The van der Waals surface area contributed by atoms with Crippen LogP contribution in [0.2, 0.25) is 0 Å².